The molecule has 0 aliphatic rings. The Hall–Kier alpha value is -1.20. The second-order valence-electron chi connectivity index (χ2n) is 3.61. The predicted octanol–water partition coefficient (Wildman–Crippen LogP) is 3.18. The molecule has 1 amide bonds. The van der Waals surface area contributed by atoms with Crippen LogP contribution in [0.2, 0.25) is 0 Å². The minimum absolute atomic E-state index is 0.0154. The molecule has 3 nitrogen and oxygen atoms in total. The van der Waals surface area contributed by atoms with Gasteiger partial charge in [0.25, 0.3) is 5.91 Å². The summed E-state index contributed by atoms with van der Waals surface area (Å²) in [6.07, 6.45) is 1.58. The molecule has 2 aromatic heterocycles. The van der Waals surface area contributed by atoms with E-state index in [9.17, 15) is 4.79 Å². The molecule has 0 atom stereocenters. The van der Waals surface area contributed by atoms with Crippen LogP contribution in [0.15, 0.2) is 40.4 Å². The molecule has 17 heavy (non-hydrogen) atoms. The van der Waals surface area contributed by atoms with Gasteiger partial charge in [0.05, 0.1) is 12.1 Å². The van der Waals surface area contributed by atoms with Crippen molar-refractivity contribution < 1.29 is 4.79 Å². The zero-order valence-electron chi connectivity index (χ0n) is 9.26. The number of aromatic nitrogens is 1. The van der Waals surface area contributed by atoms with Crippen LogP contribution in [-0.2, 0) is 6.54 Å². The highest BCUT2D eigenvalue weighted by Gasteiger charge is 2.12. The van der Waals surface area contributed by atoms with Crippen LogP contribution in [0.4, 0.5) is 0 Å². The Balaban J connectivity index is 2.07. The number of carbonyl (C=O) groups excluding carboxylic acids is 1. The van der Waals surface area contributed by atoms with Gasteiger partial charge in [0.1, 0.15) is 4.60 Å². The second-order valence-corrected chi connectivity index (χ2v) is 5.45. The van der Waals surface area contributed by atoms with Gasteiger partial charge in [-0.25, -0.2) is 4.98 Å². The summed E-state index contributed by atoms with van der Waals surface area (Å²) in [6, 6.07) is 7.55. The quantitative estimate of drug-likeness (QED) is 0.816. The van der Waals surface area contributed by atoms with E-state index in [-0.39, 0.29) is 5.91 Å². The van der Waals surface area contributed by atoms with Gasteiger partial charge in [-0.05, 0) is 39.5 Å². The van der Waals surface area contributed by atoms with E-state index in [0.717, 1.165) is 4.60 Å². The molecule has 0 saturated heterocycles. The summed E-state index contributed by atoms with van der Waals surface area (Å²) in [6.45, 7) is 0.632. The number of nitrogens with zero attached hydrogens (tertiary/aromatic N) is 2. The molecule has 0 aliphatic carbocycles. The highest BCUT2D eigenvalue weighted by Crippen LogP contribution is 2.13. The van der Waals surface area contributed by atoms with E-state index >= 15 is 0 Å². The maximum atomic E-state index is 12.1. The van der Waals surface area contributed by atoms with Crippen molar-refractivity contribution >= 4 is 33.2 Å². The van der Waals surface area contributed by atoms with E-state index < -0.39 is 0 Å². The first-order valence-electron chi connectivity index (χ1n) is 5.06. The molecule has 0 N–H and O–H groups in total. The number of carbonyl (C=O) groups is 1. The summed E-state index contributed by atoms with van der Waals surface area (Å²) in [5.41, 5.74) is 0.604. The third kappa shape index (κ3) is 3.14. The Morgan fingerprint density at radius 3 is 2.88 bits per heavy atom. The summed E-state index contributed by atoms with van der Waals surface area (Å²) < 4.78 is 0.731. The molecular weight excluding hydrogens is 300 g/mol. The van der Waals surface area contributed by atoms with Crippen LogP contribution in [0.3, 0.4) is 0 Å². The highest BCUT2D eigenvalue weighted by atomic mass is 79.9. The van der Waals surface area contributed by atoms with Crippen LogP contribution >= 0.6 is 27.3 Å². The van der Waals surface area contributed by atoms with Gasteiger partial charge in [-0.3, -0.25) is 4.79 Å². The van der Waals surface area contributed by atoms with Crippen LogP contribution in [-0.4, -0.2) is 22.8 Å². The van der Waals surface area contributed by atoms with E-state index in [4.69, 9.17) is 0 Å². The van der Waals surface area contributed by atoms with Crippen molar-refractivity contribution in [2.24, 2.45) is 0 Å². The van der Waals surface area contributed by atoms with Crippen LogP contribution in [0.25, 0.3) is 0 Å². The maximum absolute atomic E-state index is 12.1. The maximum Gasteiger partial charge on any atom is 0.255 e. The van der Waals surface area contributed by atoms with Crippen molar-refractivity contribution in [3.8, 4) is 0 Å². The zero-order chi connectivity index (χ0) is 12.3. The predicted molar refractivity (Wildman–Crippen MR) is 72.1 cm³/mol. The zero-order valence-corrected chi connectivity index (χ0v) is 11.7. The molecule has 0 unspecified atom stereocenters. The first-order chi connectivity index (χ1) is 8.16. The lowest BCUT2D eigenvalue weighted by Crippen LogP contribution is -2.25. The fourth-order valence-corrected chi connectivity index (χ4v) is 2.42. The summed E-state index contributed by atoms with van der Waals surface area (Å²) in [5, 5.41) is 2.01. The monoisotopic (exact) mass is 310 g/mol. The standard InChI is InChI=1S/C12H11BrN2OS/c1-15(8-10-3-2-6-17-10)12(16)9-4-5-11(13)14-7-9/h2-7H,8H2,1H3. The van der Waals surface area contributed by atoms with Crippen molar-refractivity contribution in [2.45, 2.75) is 6.54 Å². The number of amides is 1. The van der Waals surface area contributed by atoms with Gasteiger partial charge >= 0.3 is 0 Å². The molecule has 5 heteroatoms. The number of pyridine rings is 1. The number of thiophene rings is 1. The topological polar surface area (TPSA) is 33.2 Å². The third-order valence-corrected chi connectivity index (χ3v) is 3.62. The fourth-order valence-electron chi connectivity index (χ4n) is 1.43. The Labute approximate surface area is 112 Å². The smallest absolute Gasteiger partial charge is 0.255 e. The Morgan fingerprint density at radius 2 is 2.29 bits per heavy atom. The Kier molecular flexibility index (Phi) is 3.91. The van der Waals surface area contributed by atoms with Gasteiger partial charge in [-0.2, -0.15) is 0 Å². The lowest BCUT2D eigenvalue weighted by Gasteiger charge is -2.15. The SMILES string of the molecule is CN(Cc1cccs1)C(=O)c1ccc(Br)nc1. The minimum atomic E-state index is -0.0154. The first kappa shape index (κ1) is 12.3. The summed E-state index contributed by atoms with van der Waals surface area (Å²) in [7, 11) is 1.80. The van der Waals surface area contributed by atoms with Crippen molar-refractivity contribution in [1.82, 2.24) is 9.88 Å². The Bertz CT molecular complexity index is 496. The molecule has 2 rings (SSSR count). The molecule has 0 saturated carbocycles. The van der Waals surface area contributed by atoms with Crippen molar-refractivity contribution in [3.05, 3.63) is 50.9 Å². The first-order valence-corrected chi connectivity index (χ1v) is 6.73. The van der Waals surface area contributed by atoms with Gasteiger partial charge in [0.15, 0.2) is 0 Å². The van der Waals surface area contributed by atoms with Crippen LogP contribution in [0.1, 0.15) is 15.2 Å². The van der Waals surface area contributed by atoms with Gasteiger partial charge in [-0.1, -0.05) is 6.07 Å². The molecule has 0 aliphatic heterocycles. The van der Waals surface area contributed by atoms with E-state index in [2.05, 4.69) is 20.9 Å². The molecule has 0 spiro atoms. The average Bonchev–Trinajstić information content (AvgIpc) is 2.82. The van der Waals surface area contributed by atoms with Crippen molar-refractivity contribution in [3.63, 3.8) is 0 Å². The molecule has 88 valence electrons. The molecular formula is C12H11BrN2OS. The number of halogens is 1. The summed E-state index contributed by atoms with van der Waals surface area (Å²) >= 11 is 4.90. The molecule has 0 fully saturated rings. The van der Waals surface area contributed by atoms with E-state index in [1.807, 2.05) is 17.5 Å². The van der Waals surface area contributed by atoms with Crippen LogP contribution in [0.5, 0.6) is 0 Å². The number of rotatable bonds is 3. The van der Waals surface area contributed by atoms with Crippen LogP contribution in [0, 0.1) is 0 Å². The molecule has 2 aromatic rings. The summed E-state index contributed by atoms with van der Waals surface area (Å²) in [4.78, 5) is 19.0. The largest absolute Gasteiger partial charge is 0.337 e. The average molecular weight is 311 g/mol. The fraction of sp³-hybridized carbons (Fsp3) is 0.167. The summed E-state index contributed by atoms with van der Waals surface area (Å²) in [5.74, 6) is -0.0154. The normalized spacial score (nSPS) is 10.2. The minimum Gasteiger partial charge on any atom is -0.337 e. The molecule has 0 aromatic carbocycles. The number of hydrogen-bond acceptors (Lipinski definition) is 3. The van der Waals surface area contributed by atoms with Crippen molar-refractivity contribution in [1.29, 1.82) is 0 Å². The van der Waals surface area contributed by atoms with Crippen LogP contribution < -0.4 is 0 Å². The molecule has 2 heterocycles. The third-order valence-electron chi connectivity index (χ3n) is 2.29. The van der Waals surface area contributed by atoms with E-state index in [1.165, 1.54) is 4.88 Å². The molecule has 0 radical (unpaired) electrons. The lowest BCUT2D eigenvalue weighted by atomic mass is 10.2. The Morgan fingerprint density at radius 1 is 1.47 bits per heavy atom. The van der Waals surface area contributed by atoms with Gasteiger partial charge < -0.3 is 4.90 Å². The molecule has 0 bridgehead atoms. The number of hydrogen-bond donors (Lipinski definition) is 0. The van der Waals surface area contributed by atoms with Gasteiger partial charge in [0, 0.05) is 18.1 Å². The van der Waals surface area contributed by atoms with E-state index in [0.29, 0.717) is 12.1 Å². The van der Waals surface area contributed by atoms with Gasteiger partial charge in [-0.15, -0.1) is 11.3 Å². The lowest BCUT2D eigenvalue weighted by molar-refractivity contribution is 0.0786. The highest BCUT2D eigenvalue weighted by molar-refractivity contribution is 9.10. The van der Waals surface area contributed by atoms with Gasteiger partial charge in [0.2, 0.25) is 0 Å². The van der Waals surface area contributed by atoms with Crippen molar-refractivity contribution in [2.75, 3.05) is 7.05 Å². The second kappa shape index (κ2) is 5.42. The van der Waals surface area contributed by atoms with E-state index in [1.54, 1.807) is 41.6 Å².